The number of benzene rings is 2. The van der Waals surface area contributed by atoms with E-state index >= 15 is 0 Å². The maximum absolute atomic E-state index is 11.7. The Bertz CT molecular complexity index is 669. The van der Waals surface area contributed by atoms with Crippen molar-refractivity contribution >= 4 is 11.6 Å². The van der Waals surface area contributed by atoms with E-state index in [9.17, 15) is 9.59 Å². The summed E-state index contributed by atoms with van der Waals surface area (Å²) in [6.07, 6.45) is 0.974. The molecule has 0 fully saturated rings. The molecule has 0 aliphatic rings. The zero-order valence-corrected chi connectivity index (χ0v) is 12.5. The average molecular weight is 282 g/mol. The molecule has 0 saturated heterocycles. The molecule has 3 nitrogen and oxygen atoms in total. The molecule has 3 heteroatoms. The van der Waals surface area contributed by atoms with Crippen molar-refractivity contribution in [3.8, 4) is 11.5 Å². The number of ether oxygens (including phenoxy) is 1. The highest BCUT2D eigenvalue weighted by molar-refractivity contribution is 6.07. The van der Waals surface area contributed by atoms with Crippen LogP contribution in [0.3, 0.4) is 0 Å². The van der Waals surface area contributed by atoms with Crippen molar-refractivity contribution in [3.05, 3.63) is 59.2 Å². The lowest BCUT2D eigenvalue weighted by atomic mass is 10.0. The van der Waals surface area contributed by atoms with E-state index in [2.05, 4.69) is 6.92 Å². The Morgan fingerprint density at radius 3 is 1.95 bits per heavy atom. The molecule has 2 rings (SSSR count). The van der Waals surface area contributed by atoms with Gasteiger partial charge < -0.3 is 4.74 Å². The zero-order chi connectivity index (χ0) is 15.4. The van der Waals surface area contributed by atoms with Gasteiger partial charge in [-0.05, 0) is 56.2 Å². The quantitative estimate of drug-likeness (QED) is 0.761. The third-order valence-electron chi connectivity index (χ3n) is 3.32. The van der Waals surface area contributed by atoms with Crippen LogP contribution in [0.1, 0.15) is 47.1 Å². The molecule has 2 aromatic rings. The van der Waals surface area contributed by atoms with Gasteiger partial charge in [0.2, 0.25) is 0 Å². The smallest absolute Gasteiger partial charge is 0.160 e. The van der Waals surface area contributed by atoms with Crippen LogP contribution in [0.15, 0.2) is 42.5 Å². The Morgan fingerprint density at radius 2 is 1.43 bits per heavy atom. The summed E-state index contributed by atoms with van der Waals surface area (Å²) in [4.78, 5) is 23.2. The van der Waals surface area contributed by atoms with Crippen LogP contribution in [0.4, 0.5) is 0 Å². The Hall–Kier alpha value is -2.42. The van der Waals surface area contributed by atoms with E-state index in [1.54, 1.807) is 18.2 Å². The van der Waals surface area contributed by atoms with Crippen LogP contribution in [0.2, 0.25) is 0 Å². The van der Waals surface area contributed by atoms with Gasteiger partial charge in [0.25, 0.3) is 0 Å². The minimum absolute atomic E-state index is 0.126. The predicted octanol–water partition coefficient (Wildman–Crippen LogP) is 4.45. The largest absolute Gasteiger partial charge is 0.457 e. The highest BCUT2D eigenvalue weighted by atomic mass is 16.5. The number of aryl methyl sites for hydroxylation is 1. The summed E-state index contributed by atoms with van der Waals surface area (Å²) in [5.41, 5.74) is 2.06. The summed E-state index contributed by atoms with van der Waals surface area (Å²) in [5, 5.41) is 0. The van der Waals surface area contributed by atoms with E-state index in [4.69, 9.17) is 4.74 Å². The highest BCUT2D eigenvalue weighted by Crippen LogP contribution is 2.25. The van der Waals surface area contributed by atoms with Crippen LogP contribution in [-0.4, -0.2) is 11.6 Å². The molecule has 0 radical (unpaired) electrons. The molecule has 0 unspecified atom stereocenters. The number of hydrogen-bond donors (Lipinski definition) is 0. The van der Waals surface area contributed by atoms with Crippen LogP contribution in [0, 0.1) is 0 Å². The van der Waals surface area contributed by atoms with Gasteiger partial charge in [-0.15, -0.1) is 0 Å². The molecule has 0 aromatic heterocycles. The molecular weight excluding hydrogens is 264 g/mol. The number of ketones is 2. The predicted molar refractivity (Wildman–Crippen MR) is 82.3 cm³/mol. The minimum Gasteiger partial charge on any atom is -0.457 e. The molecule has 0 bridgehead atoms. The van der Waals surface area contributed by atoms with Crippen molar-refractivity contribution in [1.82, 2.24) is 0 Å². The molecule has 0 N–H and O–H groups in total. The summed E-state index contributed by atoms with van der Waals surface area (Å²) in [6, 6.07) is 12.8. The molecule has 0 amide bonds. The van der Waals surface area contributed by atoms with E-state index < -0.39 is 0 Å². The first-order valence-electron chi connectivity index (χ1n) is 6.94. The van der Waals surface area contributed by atoms with Gasteiger partial charge in [-0.1, -0.05) is 19.1 Å². The minimum atomic E-state index is -0.146. The third kappa shape index (κ3) is 3.57. The van der Waals surface area contributed by atoms with Crippen molar-refractivity contribution in [2.24, 2.45) is 0 Å². The second-order valence-corrected chi connectivity index (χ2v) is 4.92. The number of carbonyl (C=O) groups is 2. The first-order chi connectivity index (χ1) is 10.0. The van der Waals surface area contributed by atoms with E-state index in [-0.39, 0.29) is 11.6 Å². The highest BCUT2D eigenvalue weighted by Gasteiger charge is 2.12. The lowest BCUT2D eigenvalue weighted by Crippen LogP contribution is -2.04. The van der Waals surface area contributed by atoms with Crippen molar-refractivity contribution in [1.29, 1.82) is 0 Å². The van der Waals surface area contributed by atoms with Crippen molar-refractivity contribution in [3.63, 3.8) is 0 Å². The van der Waals surface area contributed by atoms with E-state index in [0.717, 1.165) is 6.42 Å². The molecule has 0 aliphatic heterocycles. The van der Waals surface area contributed by atoms with Crippen LogP contribution < -0.4 is 4.74 Å². The Balaban J connectivity index is 2.29. The van der Waals surface area contributed by atoms with Gasteiger partial charge in [-0.2, -0.15) is 0 Å². The van der Waals surface area contributed by atoms with Gasteiger partial charge >= 0.3 is 0 Å². The molecule has 108 valence electrons. The summed E-state index contributed by atoms with van der Waals surface area (Å²) in [6.45, 7) is 4.99. The Kier molecular flexibility index (Phi) is 4.53. The first kappa shape index (κ1) is 15.0. The molecule has 0 saturated carbocycles. The van der Waals surface area contributed by atoms with Gasteiger partial charge in [0.1, 0.15) is 11.5 Å². The monoisotopic (exact) mass is 282 g/mol. The van der Waals surface area contributed by atoms with Crippen LogP contribution >= 0.6 is 0 Å². The van der Waals surface area contributed by atoms with Crippen molar-refractivity contribution in [2.75, 3.05) is 0 Å². The Morgan fingerprint density at radius 1 is 0.857 bits per heavy atom. The number of Topliss-reactive ketones (excluding diaryl/α,β-unsaturated/α-hetero) is 2. The SMILES string of the molecule is CCc1ccc(Oc2ccc(C(C)=O)c(C(C)=O)c2)cc1. The number of hydrogen-bond acceptors (Lipinski definition) is 3. The van der Waals surface area contributed by atoms with E-state index in [0.29, 0.717) is 22.6 Å². The molecule has 0 spiro atoms. The molecule has 0 aliphatic carbocycles. The van der Waals surface area contributed by atoms with Gasteiger partial charge in [-0.25, -0.2) is 0 Å². The van der Waals surface area contributed by atoms with Crippen molar-refractivity contribution < 1.29 is 14.3 Å². The lowest BCUT2D eigenvalue weighted by molar-refractivity contribution is 0.0980. The molecule has 2 aromatic carbocycles. The fourth-order valence-corrected chi connectivity index (χ4v) is 2.11. The standard InChI is InChI=1S/C18H18O3/c1-4-14-5-7-15(8-6-14)21-16-9-10-17(12(2)19)18(11-16)13(3)20/h5-11H,4H2,1-3H3. The van der Waals surface area contributed by atoms with Crippen LogP contribution in [0.25, 0.3) is 0 Å². The van der Waals surface area contributed by atoms with E-state index in [1.165, 1.54) is 19.4 Å². The van der Waals surface area contributed by atoms with E-state index in [1.807, 2.05) is 24.3 Å². The summed E-state index contributed by atoms with van der Waals surface area (Å²) >= 11 is 0. The van der Waals surface area contributed by atoms with Gasteiger partial charge in [0.05, 0.1) is 0 Å². The van der Waals surface area contributed by atoms with Crippen LogP contribution in [-0.2, 0) is 6.42 Å². The van der Waals surface area contributed by atoms with Gasteiger partial charge in [0, 0.05) is 11.1 Å². The van der Waals surface area contributed by atoms with Gasteiger partial charge in [0.15, 0.2) is 11.6 Å². The molecular formula is C18H18O3. The number of carbonyl (C=O) groups excluding carboxylic acids is 2. The zero-order valence-electron chi connectivity index (χ0n) is 12.5. The summed E-state index contributed by atoms with van der Waals surface area (Å²) in [7, 11) is 0. The Labute approximate surface area is 124 Å². The summed E-state index contributed by atoms with van der Waals surface area (Å²) in [5.74, 6) is 0.984. The molecule has 21 heavy (non-hydrogen) atoms. The lowest BCUT2D eigenvalue weighted by Gasteiger charge is -2.09. The van der Waals surface area contributed by atoms with Crippen molar-refractivity contribution in [2.45, 2.75) is 27.2 Å². The normalized spacial score (nSPS) is 10.2. The van der Waals surface area contributed by atoms with Gasteiger partial charge in [-0.3, -0.25) is 9.59 Å². The molecule has 0 heterocycles. The molecule has 0 atom stereocenters. The second-order valence-electron chi connectivity index (χ2n) is 4.92. The fourth-order valence-electron chi connectivity index (χ4n) is 2.11. The van der Waals surface area contributed by atoms with Crippen LogP contribution in [0.5, 0.6) is 11.5 Å². The topological polar surface area (TPSA) is 43.4 Å². The fraction of sp³-hybridized carbons (Fsp3) is 0.222. The third-order valence-corrected chi connectivity index (χ3v) is 3.32. The summed E-state index contributed by atoms with van der Waals surface area (Å²) < 4.78 is 5.74. The second kappa shape index (κ2) is 6.35. The average Bonchev–Trinajstić information content (AvgIpc) is 2.47. The maximum atomic E-state index is 11.7. The number of rotatable bonds is 5. The maximum Gasteiger partial charge on any atom is 0.160 e. The first-order valence-corrected chi connectivity index (χ1v) is 6.94.